The summed E-state index contributed by atoms with van der Waals surface area (Å²) in [5.41, 5.74) is 1.85. The number of hydrogen-bond acceptors (Lipinski definition) is 4. The van der Waals surface area contributed by atoms with Gasteiger partial charge in [0.2, 0.25) is 5.95 Å². The molecule has 0 fully saturated rings. The Bertz CT molecular complexity index is 856. The number of hydrogen-bond donors (Lipinski definition) is 2. The predicted octanol–water partition coefficient (Wildman–Crippen LogP) is 4.58. The summed E-state index contributed by atoms with van der Waals surface area (Å²) in [6.07, 6.45) is 3.11. The maximum atomic E-state index is 13.6. The molecular formula is C20H20ClFN4. The predicted molar refractivity (Wildman–Crippen MR) is 104 cm³/mol. The molecule has 0 unspecified atom stereocenters. The normalized spacial score (nSPS) is 10.5. The van der Waals surface area contributed by atoms with E-state index in [1.54, 1.807) is 24.4 Å². The summed E-state index contributed by atoms with van der Waals surface area (Å²) in [5.74, 6) is 1.09. The second-order valence-electron chi connectivity index (χ2n) is 5.84. The molecule has 3 aromatic rings. The van der Waals surface area contributed by atoms with Gasteiger partial charge in [-0.15, -0.1) is 0 Å². The minimum atomic E-state index is -0.180. The molecule has 1 aromatic heterocycles. The number of anilines is 2. The van der Waals surface area contributed by atoms with Crippen LogP contribution in [0.25, 0.3) is 0 Å². The Morgan fingerprint density at radius 3 is 2.62 bits per heavy atom. The lowest BCUT2D eigenvalue weighted by atomic mass is 10.1. The fourth-order valence-corrected chi connectivity index (χ4v) is 2.79. The van der Waals surface area contributed by atoms with E-state index in [0.29, 0.717) is 36.8 Å². The van der Waals surface area contributed by atoms with Crippen LogP contribution in [0.5, 0.6) is 0 Å². The minimum Gasteiger partial charge on any atom is -0.370 e. The largest absolute Gasteiger partial charge is 0.370 e. The highest BCUT2D eigenvalue weighted by Gasteiger charge is 2.02. The van der Waals surface area contributed by atoms with Crippen LogP contribution in [0.2, 0.25) is 5.02 Å². The molecule has 26 heavy (non-hydrogen) atoms. The SMILES string of the molecule is Fc1ccccc1CCNc1ccnc(NCCc2cccc(Cl)c2)n1. The Morgan fingerprint density at radius 1 is 0.923 bits per heavy atom. The summed E-state index contributed by atoms with van der Waals surface area (Å²) in [5, 5.41) is 7.14. The van der Waals surface area contributed by atoms with Crippen molar-refractivity contribution in [3.05, 3.63) is 82.8 Å². The van der Waals surface area contributed by atoms with Crippen LogP contribution >= 0.6 is 11.6 Å². The van der Waals surface area contributed by atoms with Crippen molar-refractivity contribution in [2.45, 2.75) is 12.8 Å². The Morgan fingerprint density at radius 2 is 1.77 bits per heavy atom. The first-order valence-corrected chi connectivity index (χ1v) is 8.87. The van der Waals surface area contributed by atoms with Crippen LogP contribution in [0.4, 0.5) is 16.2 Å². The highest BCUT2D eigenvalue weighted by atomic mass is 35.5. The molecule has 2 aromatic carbocycles. The molecule has 0 saturated heterocycles. The van der Waals surface area contributed by atoms with Gasteiger partial charge in [0.1, 0.15) is 11.6 Å². The van der Waals surface area contributed by atoms with E-state index in [0.717, 1.165) is 17.0 Å². The molecule has 2 N–H and O–H groups in total. The Labute approximate surface area is 157 Å². The molecule has 0 spiro atoms. The molecular weight excluding hydrogens is 351 g/mol. The van der Waals surface area contributed by atoms with E-state index in [9.17, 15) is 4.39 Å². The van der Waals surface area contributed by atoms with Crippen LogP contribution < -0.4 is 10.6 Å². The summed E-state index contributed by atoms with van der Waals surface area (Å²) in [7, 11) is 0. The Balaban J connectivity index is 1.47. The van der Waals surface area contributed by atoms with E-state index in [1.165, 1.54) is 6.07 Å². The van der Waals surface area contributed by atoms with Crippen molar-refractivity contribution in [3.8, 4) is 0 Å². The molecule has 0 bridgehead atoms. The lowest BCUT2D eigenvalue weighted by Crippen LogP contribution is -2.11. The van der Waals surface area contributed by atoms with E-state index in [1.807, 2.05) is 30.3 Å². The van der Waals surface area contributed by atoms with E-state index in [-0.39, 0.29) is 5.82 Å². The molecule has 0 aliphatic rings. The molecule has 134 valence electrons. The van der Waals surface area contributed by atoms with Crippen LogP contribution in [0, 0.1) is 5.82 Å². The van der Waals surface area contributed by atoms with Crippen molar-refractivity contribution >= 4 is 23.4 Å². The third kappa shape index (κ3) is 5.43. The fraction of sp³-hybridized carbons (Fsp3) is 0.200. The van der Waals surface area contributed by atoms with Gasteiger partial charge in [-0.05, 0) is 48.2 Å². The average molecular weight is 371 g/mol. The van der Waals surface area contributed by atoms with Gasteiger partial charge in [0.25, 0.3) is 0 Å². The first-order chi connectivity index (χ1) is 12.7. The third-order valence-electron chi connectivity index (χ3n) is 3.90. The molecule has 3 rings (SSSR count). The quantitative estimate of drug-likeness (QED) is 0.609. The molecule has 4 nitrogen and oxygen atoms in total. The van der Waals surface area contributed by atoms with E-state index in [2.05, 4.69) is 20.6 Å². The van der Waals surface area contributed by atoms with Gasteiger partial charge in [-0.3, -0.25) is 0 Å². The van der Waals surface area contributed by atoms with Crippen molar-refractivity contribution in [2.75, 3.05) is 23.7 Å². The zero-order chi connectivity index (χ0) is 18.2. The van der Waals surface area contributed by atoms with Gasteiger partial charge in [-0.2, -0.15) is 4.98 Å². The summed E-state index contributed by atoms with van der Waals surface area (Å²) in [4.78, 5) is 8.64. The highest BCUT2D eigenvalue weighted by molar-refractivity contribution is 6.30. The smallest absolute Gasteiger partial charge is 0.224 e. The lowest BCUT2D eigenvalue weighted by Gasteiger charge is -2.09. The van der Waals surface area contributed by atoms with Gasteiger partial charge >= 0.3 is 0 Å². The van der Waals surface area contributed by atoms with E-state index < -0.39 is 0 Å². The molecule has 0 amide bonds. The zero-order valence-electron chi connectivity index (χ0n) is 14.3. The number of halogens is 2. The van der Waals surface area contributed by atoms with Crippen LogP contribution in [0.15, 0.2) is 60.8 Å². The maximum Gasteiger partial charge on any atom is 0.224 e. The van der Waals surface area contributed by atoms with Gasteiger partial charge in [0.05, 0.1) is 0 Å². The summed E-state index contributed by atoms with van der Waals surface area (Å²) in [6.45, 7) is 1.30. The molecule has 6 heteroatoms. The van der Waals surface area contributed by atoms with Crippen molar-refractivity contribution in [3.63, 3.8) is 0 Å². The number of benzene rings is 2. The van der Waals surface area contributed by atoms with E-state index >= 15 is 0 Å². The van der Waals surface area contributed by atoms with Gasteiger partial charge in [0.15, 0.2) is 0 Å². The Hall–Kier alpha value is -2.66. The topological polar surface area (TPSA) is 49.8 Å². The molecule has 0 saturated carbocycles. The van der Waals surface area contributed by atoms with Gasteiger partial charge in [-0.1, -0.05) is 41.9 Å². The second-order valence-corrected chi connectivity index (χ2v) is 6.28. The molecule has 0 radical (unpaired) electrons. The standard InChI is InChI=1S/C20H20ClFN4/c21-17-6-3-4-15(14-17)8-11-24-20-25-13-10-19(26-20)23-12-9-16-5-1-2-7-18(16)22/h1-7,10,13-14H,8-9,11-12H2,(H2,23,24,25,26). The number of nitrogens with one attached hydrogen (secondary N) is 2. The number of nitrogens with zero attached hydrogens (tertiary/aromatic N) is 2. The van der Waals surface area contributed by atoms with Gasteiger partial charge < -0.3 is 10.6 Å². The molecule has 0 atom stereocenters. The summed E-state index contributed by atoms with van der Waals surface area (Å²) < 4.78 is 13.6. The fourth-order valence-electron chi connectivity index (χ4n) is 2.58. The number of rotatable bonds is 8. The second kappa shape index (κ2) is 9.15. The van der Waals surface area contributed by atoms with Crippen molar-refractivity contribution in [1.82, 2.24) is 9.97 Å². The van der Waals surface area contributed by atoms with E-state index in [4.69, 9.17) is 11.6 Å². The third-order valence-corrected chi connectivity index (χ3v) is 4.13. The summed E-state index contributed by atoms with van der Waals surface area (Å²) >= 11 is 5.99. The monoisotopic (exact) mass is 370 g/mol. The van der Waals surface area contributed by atoms with Gasteiger partial charge in [-0.25, -0.2) is 9.37 Å². The van der Waals surface area contributed by atoms with Crippen molar-refractivity contribution in [1.29, 1.82) is 0 Å². The number of aromatic nitrogens is 2. The molecule has 0 aliphatic carbocycles. The first kappa shape index (κ1) is 18.1. The van der Waals surface area contributed by atoms with Crippen LogP contribution in [0.3, 0.4) is 0 Å². The average Bonchev–Trinajstić information content (AvgIpc) is 2.64. The van der Waals surface area contributed by atoms with Crippen LogP contribution in [-0.2, 0) is 12.8 Å². The van der Waals surface area contributed by atoms with Gasteiger partial charge in [0, 0.05) is 24.3 Å². The van der Waals surface area contributed by atoms with Crippen LogP contribution in [0.1, 0.15) is 11.1 Å². The molecule has 1 heterocycles. The highest BCUT2D eigenvalue weighted by Crippen LogP contribution is 2.12. The zero-order valence-corrected chi connectivity index (χ0v) is 15.0. The minimum absolute atomic E-state index is 0.180. The summed E-state index contributed by atoms with van der Waals surface area (Å²) in [6, 6.07) is 16.4. The van der Waals surface area contributed by atoms with Crippen LogP contribution in [-0.4, -0.2) is 23.1 Å². The Kier molecular flexibility index (Phi) is 6.39. The van der Waals surface area contributed by atoms with Crippen molar-refractivity contribution in [2.24, 2.45) is 0 Å². The molecule has 0 aliphatic heterocycles. The first-order valence-electron chi connectivity index (χ1n) is 8.49. The van der Waals surface area contributed by atoms with Crippen molar-refractivity contribution < 1.29 is 4.39 Å². The maximum absolute atomic E-state index is 13.6. The lowest BCUT2D eigenvalue weighted by molar-refractivity contribution is 0.610.